The number of amides is 1. The topological polar surface area (TPSA) is 55.1 Å². The molecule has 0 spiro atoms. The standard InChI is InChI=1S/C13H18BrFN2O/c1-4-13(3,7-16)12(18)17-11-6-9(14)10(15)5-8(11)2/h5-6H,4,7,16H2,1-3H3,(H,17,18). The fourth-order valence-electron chi connectivity index (χ4n) is 1.45. The molecule has 1 unspecified atom stereocenters. The van der Waals surface area contributed by atoms with Crippen molar-refractivity contribution < 1.29 is 9.18 Å². The highest BCUT2D eigenvalue weighted by molar-refractivity contribution is 9.10. The van der Waals surface area contributed by atoms with E-state index in [2.05, 4.69) is 21.2 Å². The van der Waals surface area contributed by atoms with Crippen molar-refractivity contribution in [3.05, 3.63) is 28.0 Å². The lowest BCUT2D eigenvalue weighted by Gasteiger charge is -2.25. The van der Waals surface area contributed by atoms with Gasteiger partial charge >= 0.3 is 0 Å². The first-order valence-electron chi connectivity index (χ1n) is 5.81. The smallest absolute Gasteiger partial charge is 0.231 e. The molecule has 0 aliphatic carbocycles. The molecule has 0 saturated carbocycles. The van der Waals surface area contributed by atoms with Crippen LogP contribution in [-0.4, -0.2) is 12.5 Å². The van der Waals surface area contributed by atoms with Gasteiger partial charge in [-0.05, 0) is 53.9 Å². The molecule has 5 heteroatoms. The third kappa shape index (κ3) is 3.09. The average Bonchev–Trinajstić information content (AvgIpc) is 2.34. The number of carbonyl (C=O) groups is 1. The summed E-state index contributed by atoms with van der Waals surface area (Å²) in [4.78, 5) is 12.1. The van der Waals surface area contributed by atoms with E-state index >= 15 is 0 Å². The molecule has 3 nitrogen and oxygen atoms in total. The van der Waals surface area contributed by atoms with Crippen LogP contribution in [0.15, 0.2) is 16.6 Å². The third-order valence-electron chi connectivity index (χ3n) is 3.29. The Morgan fingerprint density at radius 2 is 2.17 bits per heavy atom. The first-order chi connectivity index (χ1) is 8.34. The molecule has 0 radical (unpaired) electrons. The van der Waals surface area contributed by atoms with Gasteiger partial charge in [-0.2, -0.15) is 0 Å². The molecule has 18 heavy (non-hydrogen) atoms. The van der Waals surface area contributed by atoms with Crippen molar-refractivity contribution in [2.24, 2.45) is 11.1 Å². The van der Waals surface area contributed by atoms with E-state index in [0.29, 0.717) is 22.1 Å². The number of hydrogen-bond acceptors (Lipinski definition) is 2. The fraction of sp³-hybridized carbons (Fsp3) is 0.462. The predicted octanol–water partition coefficient (Wildman–Crippen LogP) is 3.21. The van der Waals surface area contributed by atoms with E-state index in [1.54, 1.807) is 13.0 Å². The summed E-state index contributed by atoms with van der Waals surface area (Å²) in [6.07, 6.45) is 0.650. The Morgan fingerprint density at radius 1 is 1.56 bits per heavy atom. The van der Waals surface area contributed by atoms with Gasteiger partial charge < -0.3 is 11.1 Å². The maximum absolute atomic E-state index is 13.3. The first-order valence-corrected chi connectivity index (χ1v) is 6.60. The summed E-state index contributed by atoms with van der Waals surface area (Å²) in [5.74, 6) is -0.489. The number of anilines is 1. The van der Waals surface area contributed by atoms with Gasteiger partial charge in [0.15, 0.2) is 0 Å². The van der Waals surface area contributed by atoms with Gasteiger partial charge in [-0.1, -0.05) is 6.92 Å². The number of nitrogens with two attached hydrogens (primary N) is 1. The van der Waals surface area contributed by atoms with Crippen LogP contribution >= 0.6 is 15.9 Å². The number of benzene rings is 1. The minimum Gasteiger partial charge on any atom is -0.329 e. The van der Waals surface area contributed by atoms with Gasteiger partial charge in [0.1, 0.15) is 5.82 Å². The van der Waals surface area contributed by atoms with Gasteiger partial charge in [0.2, 0.25) is 5.91 Å². The number of rotatable bonds is 4. The molecule has 1 amide bonds. The van der Waals surface area contributed by atoms with E-state index in [-0.39, 0.29) is 18.3 Å². The molecule has 0 fully saturated rings. The number of carbonyl (C=O) groups excluding carboxylic acids is 1. The molecular weight excluding hydrogens is 299 g/mol. The van der Waals surface area contributed by atoms with E-state index in [4.69, 9.17) is 5.73 Å². The summed E-state index contributed by atoms with van der Waals surface area (Å²) >= 11 is 3.10. The van der Waals surface area contributed by atoms with Crippen LogP contribution in [-0.2, 0) is 4.79 Å². The van der Waals surface area contributed by atoms with Crippen LogP contribution in [0.3, 0.4) is 0 Å². The average molecular weight is 317 g/mol. The molecule has 1 rings (SSSR count). The normalized spacial score (nSPS) is 14.1. The first kappa shape index (κ1) is 15.1. The molecule has 0 aliphatic rings. The lowest BCUT2D eigenvalue weighted by molar-refractivity contribution is -0.124. The van der Waals surface area contributed by atoms with Gasteiger partial charge in [0.05, 0.1) is 9.89 Å². The van der Waals surface area contributed by atoms with Crippen molar-refractivity contribution in [2.75, 3.05) is 11.9 Å². The number of halogens is 2. The molecule has 0 bridgehead atoms. The molecule has 0 aromatic heterocycles. The Bertz CT molecular complexity index is 459. The van der Waals surface area contributed by atoms with Crippen molar-refractivity contribution in [3.8, 4) is 0 Å². The summed E-state index contributed by atoms with van der Waals surface area (Å²) < 4.78 is 13.6. The van der Waals surface area contributed by atoms with Gasteiger partial charge in [-0.3, -0.25) is 4.79 Å². The van der Waals surface area contributed by atoms with Crippen LogP contribution in [0.25, 0.3) is 0 Å². The Labute approximate surface area is 115 Å². The van der Waals surface area contributed by atoms with Crippen molar-refractivity contribution in [1.82, 2.24) is 0 Å². The number of aryl methyl sites for hydroxylation is 1. The zero-order chi connectivity index (χ0) is 13.9. The zero-order valence-electron chi connectivity index (χ0n) is 10.8. The van der Waals surface area contributed by atoms with E-state index < -0.39 is 5.41 Å². The van der Waals surface area contributed by atoms with Gasteiger partial charge in [-0.15, -0.1) is 0 Å². The quantitative estimate of drug-likeness (QED) is 0.896. The molecule has 3 N–H and O–H groups in total. The Kier molecular flexibility index (Phi) is 4.87. The Balaban J connectivity index is 2.98. The second-order valence-electron chi connectivity index (χ2n) is 4.65. The van der Waals surface area contributed by atoms with Gasteiger partial charge in [0.25, 0.3) is 0 Å². The molecule has 1 atom stereocenters. The Hall–Kier alpha value is -0.940. The van der Waals surface area contributed by atoms with E-state index in [1.807, 2.05) is 13.8 Å². The van der Waals surface area contributed by atoms with Crippen LogP contribution in [0.4, 0.5) is 10.1 Å². The molecule has 1 aromatic carbocycles. The molecule has 0 saturated heterocycles. The van der Waals surface area contributed by atoms with E-state index in [1.165, 1.54) is 6.07 Å². The minimum absolute atomic E-state index is 0.144. The van der Waals surface area contributed by atoms with Crippen molar-refractivity contribution >= 4 is 27.5 Å². The predicted molar refractivity (Wildman–Crippen MR) is 74.9 cm³/mol. The van der Waals surface area contributed by atoms with Gasteiger partial charge in [0, 0.05) is 12.2 Å². The molecular formula is C13H18BrFN2O. The number of hydrogen-bond donors (Lipinski definition) is 2. The summed E-state index contributed by atoms with van der Waals surface area (Å²) in [6, 6.07) is 2.95. The summed E-state index contributed by atoms with van der Waals surface area (Å²) in [5, 5.41) is 2.81. The van der Waals surface area contributed by atoms with Crippen LogP contribution in [0, 0.1) is 18.2 Å². The van der Waals surface area contributed by atoms with Crippen molar-refractivity contribution in [2.45, 2.75) is 27.2 Å². The third-order valence-corrected chi connectivity index (χ3v) is 3.90. The van der Waals surface area contributed by atoms with E-state index in [9.17, 15) is 9.18 Å². The fourth-order valence-corrected chi connectivity index (χ4v) is 1.80. The van der Waals surface area contributed by atoms with Crippen molar-refractivity contribution in [1.29, 1.82) is 0 Å². The van der Waals surface area contributed by atoms with Crippen LogP contribution < -0.4 is 11.1 Å². The van der Waals surface area contributed by atoms with Crippen LogP contribution in [0.5, 0.6) is 0 Å². The molecule has 0 aliphatic heterocycles. The minimum atomic E-state index is -0.604. The summed E-state index contributed by atoms with van der Waals surface area (Å²) in [5.41, 5.74) is 6.31. The Morgan fingerprint density at radius 3 is 2.67 bits per heavy atom. The maximum Gasteiger partial charge on any atom is 0.231 e. The highest BCUT2D eigenvalue weighted by atomic mass is 79.9. The zero-order valence-corrected chi connectivity index (χ0v) is 12.4. The van der Waals surface area contributed by atoms with Crippen molar-refractivity contribution in [3.63, 3.8) is 0 Å². The molecule has 0 heterocycles. The summed E-state index contributed by atoms with van der Waals surface area (Å²) in [6.45, 7) is 5.75. The maximum atomic E-state index is 13.3. The monoisotopic (exact) mass is 316 g/mol. The highest BCUT2D eigenvalue weighted by Crippen LogP contribution is 2.27. The molecule has 100 valence electrons. The van der Waals surface area contributed by atoms with Gasteiger partial charge in [-0.25, -0.2) is 4.39 Å². The lowest BCUT2D eigenvalue weighted by atomic mass is 9.86. The summed E-state index contributed by atoms with van der Waals surface area (Å²) in [7, 11) is 0. The molecule has 1 aromatic rings. The largest absolute Gasteiger partial charge is 0.329 e. The van der Waals surface area contributed by atoms with Crippen LogP contribution in [0.2, 0.25) is 0 Å². The highest BCUT2D eigenvalue weighted by Gasteiger charge is 2.30. The van der Waals surface area contributed by atoms with E-state index in [0.717, 1.165) is 0 Å². The second kappa shape index (κ2) is 5.80. The van der Waals surface area contributed by atoms with Crippen LogP contribution in [0.1, 0.15) is 25.8 Å². The second-order valence-corrected chi connectivity index (χ2v) is 5.51. The number of nitrogens with one attached hydrogen (secondary N) is 1. The SMILES string of the molecule is CCC(C)(CN)C(=O)Nc1cc(Br)c(F)cc1C. The lowest BCUT2D eigenvalue weighted by Crippen LogP contribution is -2.39.